The van der Waals surface area contributed by atoms with Gasteiger partial charge in [-0.25, -0.2) is 0 Å². The fourth-order valence-electron chi connectivity index (χ4n) is 2.58. The molecule has 0 bridgehead atoms. The number of benzene rings is 1. The summed E-state index contributed by atoms with van der Waals surface area (Å²) in [4.78, 5) is 17.6. The summed E-state index contributed by atoms with van der Waals surface area (Å²) in [6.07, 6.45) is 3.29. The molecule has 0 fully saturated rings. The van der Waals surface area contributed by atoms with Crippen molar-refractivity contribution in [3.05, 3.63) is 68.9 Å². The van der Waals surface area contributed by atoms with Crippen molar-refractivity contribution in [2.45, 2.75) is 26.2 Å². The number of hydrogen-bond acceptors (Lipinski definition) is 5. The maximum Gasteiger partial charge on any atom is 0.291 e. The number of nitrogens with zero attached hydrogens (tertiary/aromatic N) is 3. The minimum Gasteiger partial charge on any atom is -0.465 e. The quantitative estimate of drug-likeness (QED) is 0.556. The van der Waals surface area contributed by atoms with E-state index >= 15 is 0 Å². The predicted octanol–water partition coefficient (Wildman–Crippen LogP) is 3.26. The minimum atomic E-state index is -0.179. The fraction of sp³-hybridized carbons (Fsp3) is 0.211. The molecule has 0 amide bonds. The molecule has 0 unspecified atom stereocenters. The third-order valence-corrected chi connectivity index (χ3v) is 4.97. The van der Waals surface area contributed by atoms with E-state index < -0.39 is 0 Å². The number of aromatic nitrogens is 3. The standard InChI is InChI=1S/C19H17N3O2S/c1-19(2,3)13-8-6-12(7-9-13)16-20-18-22(21-16)17(23)15(25-18)11-14-5-4-10-24-14/h4-11H,1-3H3. The highest BCUT2D eigenvalue weighted by atomic mass is 32.1. The van der Waals surface area contributed by atoms with Gasteiger partial charge in [0.15, 0.2) is 5.82 Å². The Balaban J connectivity index is 1.75. The molecule has 0 spiro atoms. The molecule has 4 aromatic rings. The number of furan rings is 1. The van der Waals surface area contributed by atoms with E-state index in [-0.39, 0.29) is 11.0 Å². The lowest BCUT2D eigenvalue weighted by molar-refractivity contribution is 0.556. The number of thiazole rings is 1. The molecule has 0 saturated heterocycles. The molecule has 0 atom stereocenters. The van der Waals surface area contributed by atoms with Crippen LogP contribution >= 0.6 is 11.3 Å². The highest BCUT2D eigenvalue weighted by Gasteiger charge is 2.15. The lowest BCUT2D eigenvalue weighted by atomic mass is 9.87. The average Bonchev–Trinajstić information content (AvgIpc) is 3.27. The molecule has 25 heavy (non-hydrogen) atoms. The summed E-state index contributed by atoms with van der Waals surface area (Å²) in [5.74, 6) is 1.20. The number of hydrogen-bond donors (Lipinski definition) is 0. The lowest BCUT2D eigenvalue weighted by Crippen LogP contribution is -2.23. The van der Waals surface area contributed by atoms with Gasteiger partial charge in [-0.1, -0.05) is 56.4 Å². The van der Waals surface area contributed by atoms with Gasteiger partial charge in [-0.15, -0.1) is 5.10 Å². The van der Waals surface area contributed by atoms with E-state index in [0.717, 1.165) is 5.56 Å². The summed E-state index contributed by atoms with van der Waals surface area (Å²) in [5, 5.41) is 4.38. The van der Waals surface area contributed by atoms with Crippen molar-refractivity contribution in [2.75, 3.05) is 0 Å². The van der Waals surface area contributed by atoms with Crippen LogP contribution in [-0.2, 0) is 5.41 Å². The molecule has 0 N–H and O–H groups in total. The SMILES string of the molecule is CC(C)(C)c1ccc(-c2nc3sc(=Cc4ccco4)c(=O)n3n2)cc1. The van der Waals surface area contributed by atoms with Crippen molar-refractivity contribution >= 4 is 22.4 Å². The van der Waals surface area contributed by atoms with Gasteiger partial charge in [-0.3, -0.25) is 4.79 Å². The van der Waals surface area contributed by atoms with Crippen molar-refractivity contribution in [1.82, 2.24) is 14.6 Å². The van der Waals surface area contributed by atoms with Gasteiger partial charge in [0, 0.05) is 11.6 Å². The molecular formula is C19H17N3O2S. The Bertz CT molecular complexity index is 1130. The van der Waals surface area contributed by atoms with Crippen LogP contribution in [0.25, 0.3) is 22.4 Å². The van der Waals surface area contributed by atoms with Crippen LogP contribution in [0.2, 0.25) is 0 Å². The Morgan fingerprint density at radius 3 is 2.52 bits per heavy atom. The van der Waals surface area contributed by atoms with Crippen molar-refractivity contribution in [1.29, 1.82) is 0 Å². The largest absolute Gasteiger partial charge is 0.465 e. The van der Waals surface area contributed by atoms with Gasteiger partial charge in [-0.05, 0) is 23.1 Å². The van der Waals surface area contributed by atoms with E-state index in [2.05, 4.69) is 43.0 Å². The lowest BCUT2D eigenvalue weighted by Gasteiger charge is -2.18. The van der Waals surface area contributed by atoms with Gasteiger partial charge in [0.2, 0.25) is 4.96 Å². The smallest absolute Gasteiger partial charge is 0.291 e. The zero-order chi connectivity index (χ0) is 17.6. The monoisotopic (exact) mass is 351 g/mol. The second kappa shape index (κ2) is 5.67. The molecule has 0 radical (unpaired) electrons. The van der Waals surface area contributed by atoms with Gasteiger partial charge in [0.25, 0.3) is 5.56 Å². The summed E-state index contributed by atoms with van der Waals surface area (Å²) in [5.41, 5.74) is 2.07. The Labute approximate surface area is 148 Å². The predicted molar refractivity (Wildman–Crippen MR) is 98.8 cm³/mol. The zero-order valence-electron chi connectivity index (χ0n) is 14.2. The molecule has 4 rings (SSSR count). The first-order valence-electron chi connectivity index (χ1n) is 7.97. The molecule has 0 aliphatic heterocycles. The number of rotatable bonds is 2. The molecule has 1 aromatic carbocycles. The number of fused-ring (bicyclic) bond motifs is 1. The molecule has 6 heteroatoms. The average molecular weight is 351 g/mol. The summed E-state index contributed by atoms with van der Waals surface area (Å²) in [6.45, 7) is 6.52. The summed E-state index contributed by atoms with van der Waals surface area (Å²) >= 11 is 1.31. The van der Waals surface area contributed by atoms with E-state index in [9.17, 15) is 4.79 Å². The van der Waals surface area contributed by atoms with Gasteiger partial charge < -0.3 is 4.42 Å². The maximum atomic E-state index is 12.5. The van der Waals surface area contributed by atoms with Crippen molar-refractivity contribution in [3.63, 3.8) is 0 Å². The molecule has 3 heterocycles. The normalized spacial score (nSPS) is 13.0. The molecule has 0 saturated carbocycles. The van der Waals surface area contributed by atoms with Crippen LogP contribution in [0.5, 0.6) is 0 Å². The van der Waals surface area contributed by atoms with Crippen LogP contribution in [0.3, 0.4) is 0 Å². The van der Waals surface area contributed by atoms with E-state index in [1.807, 2.05) is 12.1 Å². The van der Waals surface area contributed by atoms with Crippen LogP contribution in [0.15, 0.2) is 51.9 Å². The molecule has 3 aromatic heterocycles. The minimum absolute atomic E-state index is 0.0965. The van der Waals surface area contributed by atoms with Crippen LogP contribution in [0, 0.1) is 0 Å². The first-order chi connectivity index (χ1) is 11.9. The zero-order valence-corrected chi connectivity index (χ0v) is 15.0. The summed E-state index contributed by atoms with van der Waals surface area (Å²) < 4.78 is 7.17. The van der Waals surface area contributed by atoms with Crippen LogP contribution in [0.1, 0.15) is 32.1 Å². The third kappa shape index (κ3) is 2.89. The van der Waals surface area contributed by atoms with Crippen molar-refractivity contribution in [3.8, 4) is 11.4 Å². The van der Waals surface area contributed by atoms with Crippen LogP contribution in [0.4, 0.5) is 0 Å². The molecule has 126 valence electrons. The molecule has 0 aliphatic carbocycles. The Kier molecular flexibility index (Phi) is 3.58. The van der Waals surface area contributed by atoms with Crippen LogP contribution < -0.4 is 10.1 Å². The van der Waals surface area contributed by atoms with Gasteiger partial charge >= 0.3 is 0 Å². The maximum absolute atomic E-state index is 12.5. The molecule has 5 nitrogen and oxygen atoms in total. The molecule has 0 aliphatic rings. The van der Waals surface area contributed by atoms with Crippen molar-refractivity contribution < 1.29 is 4.42 Å². The highest BCUT2D eigenvalue weighted by Crippen LogP contribution is 2.25. The summed E-state index contributed by atoms with van der Waals surface area (Å²) in [7, 11) is 0. The van der Waals surface area contributed by atoms with E-state index in [1.54, 1.807) is 24.5 Å². The van der Waals surface area contributed by atoms with Gasteiger partial charge in [-0.2, -0.15) is 9.50 Å². The van der Waals surface area contributed by atoms with Gasteiger partial charge in [0.05, 0.1) is 6.26 Å². The first kappa shape index (κ1) is 15.8. The molecular weight excluding hydrogens is 334 g/mol. The van der Waals surface area contributed by atoms with Gasteiger partial charge in [0.1, 0.15) is 10.3 Å². The van der Waals surface area contributed by atoms with E-state index in [0.29, 0.717) is 21.1 Å². The Hall–Kier alpha value is -2.73. The Morgan fingerprint density at radius 1 is 1.16 bits per heavy atom. The van der Waals surface area contributed by atoms with E-state index in [1.165, 1.54) is 21.4 Å². The van der Waals surface area contributed by atoms with Crippen LogP contribution in [-0.4, -0.2) is 14.6 Å². The fourth-order valence-corrected chi connectivity index (χ4v) is 3.47. The Morgan fingerprint density at radius 2 is 1.92 bits per heavy atom. The summed E-state index contributed by atoms with van der Waals surface area (Å²) in [6, 6.07) is 11.8. The van der Waals surface area contributed by atoms with Crippen molar-refractivity contribution in [2.24, 2.45) is 0 Å². The second-order valence-corrected chi connectivity index (χ2v) is 7.90. The topological polar surface area (TPSA) is 60.4 Å². The van der Waals surface area contributed by atoms with E-state index in [4.69, 9.17) is 4.42 Å². The second-order valence-electron chi connectivity index (χ2n) is 6.89. The third-order valence-electron chi connectivity index (χ3n) is 4.01. The first-order valence-corrected chi connectivity index (χ1v) is 8.79. The highest BCUT2D eigenvalue weighted by molar-refractivity contribution is 7.15.